The molecule has 0 aliphatic carbocycles. The molecule has 2 aromatic carbocycles. The molecule has 0 unspecified atom stereocenters. The Morgan fingerprint density at radius 2 is 1.56 bits per heavy atom. The molecule has 0 heterocycles. The molecule has 172 valence electrons. The molecule has 7 nitrogen and oxygen atoms in total. The Hall–Kier alpha value is -3.13. The van der Waals surface area contributed by atoms with Gasteiger partial charge in [0.25, 0.3) is 11.8 Å². The van der Waals surface area contributed by atoms with Gasteiger partial charge in [0.1, 0.15) is 11.5 Å². The van der Waals surface area contributed by atoms with Gasteiger partial charge in [-0.15, -0.1) is 0 Å². The monoisotopic (exact) mass is 457 g/mol. The van der Waals surface area contributed by atoms with E-state index >= 15 is 0 Å². The molecule has 0 saturated heterocycles. The van der Waals surface area contributed by atoms with Gasteiger partial charge in [0.2, 0.25) is 0 Å². The summed E-state index contributed by atoms with van der Waals surface area (Å²) in [4.78, 5) is 24.7. The van der Waals surface area contributed by atoms with Crippen LogP contribution in [0.25, 0.3) is 0 Å². The van der Waals surface area contributed by atoms with Gasteiger partial charge in [-0.3, -0.25) is 25.8 Å². The number of carbonyl (C=O) groups excluding carboxylic acids is 2. The van der Waals surface area contributed by atoms with Gasteiger partial charge in [-0.2, -0.15) is 0 Å². The quantitative estimate of drug-likeness (QED) is 0.388. The van der Waals surface area contributed by atoms with Gasteiger partial charge in [0, 0.05) is 11.1 Å². The van der Waals surface area contributed by atoms with Crippen molar-refractivity contribution in [2.45, 2.75) is 34.1 Å². The van der Waals surface area contributed by atoms with Crippen LogP contribution in [0.15, 0.2) is 48.5 Å². The third-order valence-electron chi connectivity index (χ3n) is 4.28. The molecule has 0 aliphatic rings. The second kappa shape index (κ2) is 12.7. The van der Waals surface area contributed by atoms with Crippen LogP contribution in [0.5, 0.6) is 11.5 Å². The van der Waals surface area contributed by atoms with Crippen molar-refractivity contribution < 1.29 is 19.1 Å². The molecule has 0 atom stereocenters. The zero-order valence-corrected chi connectivity index (χ0v) is 19.8. The van der Waals surface area contributed by atoms with Gasteiger partial charge in [-0.1, -0.05) is 33.8 Å². The predicted molar refractivity (Wildman–Crippen MR) is 129 cm³/mol. The molecule has 0 spiro atoms. The fourth-order valence-corrected chi connectivity index (χ4v) is 2.64. The average molecular weight is 458 g/mol. The second-order valence-electron chi connectivity index (χ2n) is 8.15. The van der Waals surface area contributed by atoms with Crippen LogP contribution in [-0.4, -0.2) is 30.1 Å². The van der Waals surface area contributed by atoms with Gasteiger partial charge in [0.15, 0.2) is 5.11 Å². The van der Waals surface area contributed by atoms with Crippen molar-refractivity contribution in [2.75, 3.05) is 13.2 Å². The molecule has 3 N–H and O–H groups in total. The van der Waals surface area contributed by atoms with Crippen LogP contribution in [-0.2, 0) is 0 Å². The number of ether oxygens (including phenoxy) is 2. The lowest BCUT2D eigenvalue weighted by Crippen LogP contribution is -2.48. The van der Waals surface area contributed by atoms with Gasteiger partial charge in [-0.05, 0) is 72.9 Å². The normalized spacial score (nSPS) is 10.6. The summed E-state index contributed by atoms with van der Waals surface area (Å²) in [6, 6.07) is 13.6. The highest BCUT2D eigenvalue weighted by Gasteiger charge is 2.11. The smallest absolute Gasteiger partial charge is 0.269 e. The molecule has 0 saturated carbocycles. The van der Waals surface area contributed by atoms with Crippen LogP contribution in [0, 0.1) is 11.8 Å². The number of hydrogen-bond donors (Lipinski definition) is 3. The van der Waals surface area contributed by atoms with Gasteiger partial charge in [-0.25, -0.2) is 0 Å². The molecule has 0 radical (unpaired) electrons. The number of hydrazine groups is 1. The van der Waals surface area contributed by atoms with E-state index in [2.05, 4.69) is 30.0 Å². The summed E-state index contributed by atoms with van der Waals surface area (Å²) in [7, 11) is 0. The highest BCUT2D eigenvalue weighted by Crippen LogP contribution is 2.15. The van der Waals surface area contributed by atoms with Crippen LogP contribution in [0.3, 0.4) is 0 Å². The van der Waals surface area contributed by atoms with Crippen LogP contribution >= 0.6 is 12.2 Å². The van der Waals surface area contributed by atoms with Crippen molar-refractivity contribution in [3.05, 3.63) is 59.7 Å². The van der Waals surface area contributed by atoms with Gasteiger partial charge < -0.3 is 9.47 Å². The zero-order valence-electron chi connectivity index (χ0n) is 18.9. The first-order chi connectivity index (χ1) is 15.2. The maximum Gasteiger partial charge on any atom is 0.269 e. The highest BCUT2D eigenvalue weighted by atomic mass is 32.1. The molecular formula is C24H31N3O4S. The Morgan fingerprint density at radius 1 is 0.844 bits per heavy atom. The van der Waals surface area contributed by atoms with Crippen molar-refractivity contribution in [1.29, 1.82) is 0 Å². The van der Waals surface area contributed by atoms with Crippen LogP contribution in [0.2, 0.25) is 0 Å². The SMILES string of the molecule is CC(C)CCOc1ccc(C(=O)NNC(=S)NC(=O)c2cccc(OCC(C)C)c2)cc1. The molecule has 8 heteroatoms. The minimum atomic E-state index is -0.408. The van der Waals surface area contributed by atoms with Crippen molar-refractivity contribution in [3.63, 3.8) is 0 Å². The van der Waals surface area contributed by atoms with Gasteiger partial charge >= 0.3 is 0 Å². The van der Waals surface area contributed by atoms with E-state index in [1.54, 1.807) is 48.5 Å². The summed E-state index contributed by atoms with van der Waals surface area (Å²) in [6.45, 7) is 9.55. The summed E-state index contributed by atoms with van der Waals surface area (Å²) in [5.41, 5.74) is 5.83. The molecular weight excluding hydrogens is 426 g/mol. The lowest BCUT2D eigenvalue weighted by Gasteiger charge is -2.12. The minimum Gasteiger partial charge on any atom is -0.494 e. The molecule has 2 rings (SSSR count). The third kappa shape index (κ3) is 8.93. The second-order valence-corrected chi connectivity index (χ2v) is 8.56. The Morgan fingerprint density at radius 3 is 2.22 bits per heavy atom. The summed E-state index contributed by atoms with van der Waals surface area (Å²) in [6.07, 6.45) is 0.963. The molecule has 0 fully saturated rings. The van der Waals surface area contributed by atoms with E-state index in [1.165, 1.54) is 0 Å². The lowest BCUT2D eigenvalue weighted by atomic mass is 10.1. The highest BCUT2D eigenvalue weighted by molar-refractivity contribution is 7.80. The Balaban J connectivity index is 1.80. The summed E-state index contributed by atoms with van der Waals surface area (Å²) in [5, 5.41) is 2.50. The fraction of sp³-hybridized carbons (Fsp3) is 0.375. The number of amides is 2. The van der Waals surface area contributed by atoms with Crippen LogP contribution in [0.4, 0.5) is 0 Å². The Kier molecular flexibility index (Phi) is 9.94. The van der Waals surface area contributed by atoms with Crippen molar-refractivity contribution >= 4 is 29.1 Å². The zero-order chi connectivity index (χ0) is 23.5. The summed E-state index contributed by atoms with van der Waals surface area (Å²) >= 11 is 5.10. The Labute approximate surface area is 194 Å². The maximum absolute atomic E-state index is 12.4. The van der Waals surface area contributed by atoms with E-state index in [0.717, 1.165) is 6.42 Å². The fourth-order valence-electron chi connectivity index (χ4n) is 2.50. The first-order valence-corrected chi connectivity index (χ1v) is 11.0. The van der Waals surface area contributed by atoms with E-state index < -0.39 is 5.91 Å². The minimum absolute atomic E-state index is 0.0227. The standard InChI is InChI=1S/C24H31N3O4S/c1-16(2)12-13-30-20-10-8-18(9-11-20)23(29)26-27-24(32)25-22(28)19-6-5-7-21(14-19)31-15-17(3)4/h5-11,14,16-17H,12-13,15H2,1-4H3,(H,26,29)(H2,25,27,28,32). The molecule has 2 amide bonds. The predicted octanol–water partition coefficient (Wildman–Crippen LogP) is 4.10. The van der Waals surface area contributed by atoms with E-state index in [4.69, 9.17) is 21.7 Å². The molecule has 32 heavy (non-hydrogen) atoms. The molecule has 2 aromatic rings. The number of carbonyl (C=O) groups is 2. The first-order valence-electron chi connectivity index (χ1n) is 10.6. The lowest BCUT2D eigenvalue weighted by molar-refractivity contribution is 0.0934. The van der Waals surface area contributed by atoms with Crippen LogP contribution in [0.1, 0.15) is 54.8 Å². The summed E-state index contributed by atoms with van der Waals surface area (Å²) in [5.74, 6) is 1.46. The largest absolute Gasteiger partial charge is 0.494 e. The topological polar surface area (TPSA) is 88.7 Å². The van der Waals surface area contributed by atoms with E-state index in [0.29, 0.717) is 47.7 Å². The number of benzene rings is 2. The van der Waals surface area contributed by atoms with Crippen molar-refractivity contribution in [3.8, 4) is 11.5 Å². The molecule has 0 bridgehead atoms. The first kappa shape index (κ1) is 25.1. The van der Waals surface area contributed by atoms with E-state index in [9.17, 15) is 9.59 Å². The maximum atomic E-state index is 12.4. The van der Waals surface area contributed by atoms with Crippen LogP contribution < -0.4 is 25.6 Å². The molecule has 0 aromatic heterocycles. The van der Waals surface area contributed by atoms with E-state index in [1.807, 2.05) is 13.8 Å². The number of rotatable bonds is 9. The summed E-state index contributed by atoms with van der Waals surface area (Å²) < 4.78 is 11.3. The number of thiocarbonyl (C=S) groups is 1. The van der Waals surface area contributed by atoms with Gasteiger partial charge in [0.05, 0.1) is 13.2 Å². The Bertz CT molecular complexity index is 914. The molecule has 0 aliphatic heterocycles. The average Bonchev–Trinajstić information content (AvgIpc) is 2.76. The van der Waals surface area contributed by atoms with Crippen molar-refractivity contribution in [2.24, 2.45) is 11.8 Å². The van der Waals surface area contributed by atoms with E-state index in [-0.39, 0.29) is 11.0 Å². The number of hydrogen-bond acceptors (Lipinski definition) is 5. The third-order valence-corrected chi connectivity index (χ3v) is 4.48. The van der Waals surface area contributed by atoms with Crippen molar-refractivity contribution in [1.82, 2.24) is 16.2 Å². The number of nitrogens with one attached hydrogen (secondary N) is 3.